The van der Waals surface area contributed by atoms with Crippen LogP contribution in [0.15, 0.2) is 248 Å². The van der Waals surface area contributed by atoms with Crippen LogP contribution in [0.25, 0.3) is 33.3 Å². The van der Waals surface area contributed by atoms with E-state index in [9.17, 15) is 24.0 Å². The van der Waals surface area contributed by atoms with Gasteiger partial charge in [0.15, 0.2) is 0 Å². The molecule has 0 fully saturated rings. The van der Waals surface area contributed by atoms with Crippen molar-refractivity contribution in [2.75, 3.05) is 71.7 Å². The molecule has 15 rings (SSSR count). The minimum atomic E-state index is -0.309. The van der Waals surface area contributed by atoms with E-state index in [0.717, 1.165) is 63.2 Å². The number of nitrogens with one attached hydrogen (secondary N) is 10. The van der Waals surface area contributed by atoms with E-state index in [1.165, 1.54) is 27.9 Å². The fraction of sp³-hybridized carbons (Fsp3) is 0.0946. The number of hydrogen-bond acceptors (Lipinski definition) is 14. The minimum absolute atomic E-state index is 0.0613. The number of rotatable bonds is 10. The summed E-state index contributed by atoms with van der Waals surface area (Å²) in [7, 11) is 2.08. The number of thiazole rings is 1. The number of furan rings is 1. The Morgan fingerprint density at radius 3 is 1.43 bits per heavy atom. The van der Waals surface area contributed by atoms with Gasteiger partial charge in [-0.1, -0.05) is 50.3 Å². The van der Waals surface area contributed by atoms with Crippen molar-refractivity contribution >= 4 is 137 Å². The molecule has 0 spiro atoms. The molecule has 1 aliphatic heterocycles. The summed E-state index contributed by atoms with van der Waals surface area (Å²) in [5.41, 5.74) is 18.0. The van der Waals surface area contributed by atoms with Crippen LogP contribution in [0, 0.1) is 0 Å². The first-order valence-corrected chi connectivity index (χ1v) is 31.8. The van der Waals surface area contributed by atoms with Crippen molar-refractivity contribution < 1.29 is 28.4 Å². The molecule has 7 aromatic heterocycles. The SMILES string of the molecule is CC1(C)C=Cc2cc(NC(=O)Nc3cccnc3)ccc21.CN1CCc2cc(NC(=O)Nc3cccnc3)ccc21.O=C(Nc1cccnc1)Nc1ccc2c(c1)C=CC2.O=C(Nc1cccnc1)Nc1ccc2occc2c1.O=C(Nc1cccnc1)Nc1ccc2scnc2c1. The summed E-state index contributed by atoms with van der Waals surface area (Å²) in [4.78, 5) is 85.3. The van der Waals surface area contributed by atoms with Crippen LogP contribution in [0.3, 0.4) is 0 Å². The van der Waals surface area contributed by atoms with Gasteiger partial charge in [0.05, 0.1) is 81.4 Å². The molecular weight excluding hydrogens is 1250 g/mol. The summed E-state index contributed by atoms with van der Waals surface area (Å²) in [6, 6.07) is 47.2. The summed E-state index contributed by atoms with van der Waals surface area (Å²) in [6.45, 7) is 5.38. The molecule has 5 aromatic carbocycles. The van der Waals surface area contributed by atoms with Gasteiger partial charge < -0.3 is 62.5 Å². The Morgan fingerprint density at radius 2 is 0.908 bits per heavy atom. The Morgan fingerprint density at radius 1 is 0.459 bits per heavy atom. The average Bonchev–Trinajstić information content (AvgIpc) is 1.64. The molecular formula is C74H67N17O6S. The number of hydrogen-bond donors (Lipinski definition) is 10. The van der Waals surface area contributed by atoms with Crippen LogP contribution in [0.2, 0.25) is 0 Å². The fourth-order valence-corrected chi connectivity index (χ4v) is 11.0. The van der Waals surface area contributed by atoms with E-state index >= 15 is 0 Å². The maximum atomic E-state index is 11.9. The number of aromatic nitrogens is 6. The van der Waals surface area contributed by atoms with Crippen molar-refractivity contribution in [3.05, 3.63) is 271 Å². The molecule has 2 aliphatic carbocycles. The second-order valence-electron chi connectivity index (χ2n) is 22.7. The molecule has 24 heteroatoms. The number of allylic oxidation sites excluding steroid dienone is 2. The van der Waals surface area contributed by atoms with Gasteiger partial charge >= 0.3 is 30.2 Å². The predicted octanol–water partition coefficient (Wildman–Crippen LogP) is 16.8. The van der Waals surface area contributed by atoms with Crippen molar-refractivity contribution in [3.8, 4) is 0 Å². The number of likely N-dealkylation sites (N-methyl/N-ethyl adjacent to an activating group) is 1. The Kier molecular flexibility index (Phi) is 21.8. The zero-order valence-corrected chi connectivity index (χ0v) is 54.2. The van der Waals surface area contributed by atoms with Crippen LogP contribution in [-0.2, 0) is 18.3 Å². The lowest BCUT2D eigenvalue weighted by atomic mass is 9.87. The number of carbonyl (C=O) groups is 5. The maximum Gasteiger partial charge on any atom is 0.323 e. The van der Waals surface area contributed by atoms with Gasteiger partial charge in [-0.3, -0.25) is 24.9 Å². The maximum absolute atomic E-state index is 11.9. The number of carbonyl (C=O) groups excluding carboxylic acids is 5. The van der Waals surface area contributed by atoms with Crippen LogP contribution in [-0.4, -0.2) is 73.7 Å². The number of anilines is 11. The summed E-state index contributed by atoms with van der Waals surface area (Å²) < 4.78 is 6.33. The smallest absolute Gasteiger partial charge is 0.323 e. The molecule has 98 heavy (non-hydrogen) atoms. The molecule has 0 saturated carbocycles. The molecule has 10 amide bonds. The molecule has 0 radical (unpaired) electrons. The Hall–Kier alpha value is -13.1. The lowest BCUT2D eigenvalue weighted by Gasteiger charge is -2.18. The van der Waals surface area contributed by atoms with Crippen molar-refractivity contribution in [3.63, 3.8) is 0 Å². The highest BCUT2D eigenvalue weighted by Crippen LogP contribution is 2.37. The summed E-state index contributed by atoms with van der Waals surface area (Å²) >= 11 is 1.57. The minimum Gasteiger partial charge on any atom is -0.464 e. The quantitative estimate of drug-likeness (QED) is 0.0610. The fourth-order valence-electron chi connectivity index (χ4n) is 10.4. The summed E-state index contributed by atoms with van der Waals surface area (Å²) in [6.07, 6.45) is 28.3. The molecule has 0 bridgehead atoms. The molecule has 0 unspecified atom stereocenters. The highest BCUT2D eigenvalue weighted by molar-refractivity contribution is 7.16. The van der Waals surface area contributed by atoms with E-state index in [2.05, 4.69) is 139 Å². The van der Waals surface area contributed by atoms with Crippen LogP contribution >= 0.6 is 11.3 Å². The van der Waals surface area contributed by atoms with Gasteiger partial charge in [-0.2, -0.15) is 0 Å². The molecule has 8 heterocycles. The number of urea groups is 5. The topological polar surface area (TPSA) is 299 Å². The number of pyridine rings is 5. The average molecular weight is 1320 g/mol. The van der Waals surface area contributed by atoms with E-state index < -0.39 is 0 Å². The molecule has 0 atom stereocenters. The second-order valence-corrected chi connectivity index (χ2v) is 23.6. The van der Waals surface area contributed by atoms with Crippen LogP contribution in [0.1, 0.15) is 41.7 Å². The van der Waals surface area contributed by atoms with Crippen molar-refractivity contribution in [1.82, 2.24) is 29.9 Å². The van der Waals surface area contributed by atoms with Gasteiger partial charge in [0.25, 0.3) is 0 Å². The van der Waals surface area contributed by atoms with Crippen molar-refractivity contribution in [2.24, 2.45) is 0 Å². The zero-order valence-electron chi connectivity index (χ0n) is 53.4. The molecule has 490 valence electrons. The van der Waals surface area contributed by atoms with Gasteiger partial charge in [0.2, 0.25) is 0 Å². The zero-order chi connectivity index (χ0) is 68.1. The molecule has 12 aromatic rings. The molecule has 0 saturated heterocycles. The van der Waals surface area contributed by atoms with Crippen LogP contribution in [0.5, 0.6) is 0 Å². The van der Waals surface area contributed by atoms with Gasteiger partial charge in [0, 0.05) is 89.5 Å². The van der Waals surface area contributed by atoms with Gasteiger partial charge in [-0.05, 0) is 186 Å². The normalized spacial score (nSPS) is 12.1. The first kappa shape index (κ1) is 66.4. The Labute approximate surface area is 568 Å². The Bertz CT molecular complexity index is 4660. The standard InChI is InChI=1S/C17H17N3O.C15H16N4O.C15H13N3O.C14H11N3O2.C13H10N4OS/c1-17(2)8-7-12-10-13(5-6-15(12)17)19-16(21)20-14-4-3-9-18-11-14;1-19-8-6-11-9-12(4-5-14(11)19)17-15(20)18-13-3-2-7-16-10-13;19-15(18-14-5-2-8-16-10-14)17-13-7-6-11-3-1-4-12(11)9-13;18-14(17-12-2-1-6-15-9-12)16-11-3-4-13-10(8-11)5-7-19-13;18-13(17-10-2-1-5-14-7-10)16-9-3-4-12-11(6-9)15-8-19-12/h3-11H,1-2H3,(H2,19,20,21);2-5,7,9-10H,6,8H2,1H3,(H2,17,18,20);1-2,4-10H,3H2,(H2,17,18,19);1-9H,(H2,16,17,18);1-8H,(H2,16,17,18). The number of nitrogens with zero attached hydrogens (tertiary/aromatic N) is 7. The molecule has 23 nitrogen and oxygen atoms in total. The van der Waals surface area contributed by atoms with Crippen LogP contribution < -0.4 is 58.1 Å². The first-order valence-electron chi connectivity index (χ1n) is 30.9. The number of benzene rings is 5. The van der Waals surface area contributed by atoms with E-state index in [0.29, 0.717) is 39.8 Å². The highest BCUT2D eigenvalue weighted by Gasteiger charge is 2.25. The summed E-state index contributed by atoms with van der Waals surface area (Å²) in [5.74, 6) is 0. The monoisotopic (exact) mass is 1320 g/mol. The lowest BCUT2D eigenvalue weighted by Crippen LogP contribution is -2.19. The third-order valence-electron chi connectivity index (χ3n) is 15.1. The Balaban J connectivity index is 0.000000124. The third-order valence-corrected chi connectivity index (χ3v) is 15.9. The first-order chi connectivity index (χ1) is 47.7. The number of fused-ring (bicyclic) bond motifs is 5. The van der Waals surface area contributed by atoms with E-state index in [1.807, 2.05) is 84.9 Å². The second kappa shape index (κ2) is 32.2. The van der Waals surface area contributed by atoms with Gasteiger partial charge in [0.1, 0.15) is 5.58 Å². The van der Waals surface area contributed by atoms with Crippen molar-refractivity contribution in [1.29, 1.82) is 0 Å². The van der Waals surface area contributed by atoms with Gasteiger partial charge in [-0.15, -0.1) is 11.3 Å². The van der Waals surface area contributed by atoms with Crippen molar-refractivity contribution in [2.45, 2.75) is 32.1 Å². The third kappa shape index (κ3) is 19.0. The van der Waals surface area contributed by atoms with Crippen LogP contribution in [0.4, 0.5) is 86.5 Å². The molecule has 10 N–H and O–H groups in total. The highest BCUT2D eigenvalue weighted by atomic mass is 32.1. The van der Waals surface area contributed by atoms with Gasteiger partial charge in [-0.25, -0.2) is 29.0 Å². The molecule has 3 aliphatic rings. The van der Waals surface area contributed by atoms with E-state index in [1.54, 1.807) is 152 Å². The van der Waals surface area contributed by atoms with E-state index in [-0.39, 0.29) is 35.6 Å². The lowest BCUT2D eigenvalue weighted by molar-refractivity contribution is 0.261. The predicted molar refractivity (Wildman–Crippen MR) is 391 cm³/mol. The van der Waals surface area contributed by atoms with E-state index in [4.69, 9.17) is 4.42 Å². The number of amides is 10. The summed E-state index contributed by atoms with van der Waals surface area (Å²) in [5, 5.41) is 28.6. The largest absolute Gasteiger partial charge is 0.464 e.